The lowest BCUT2D eigenvalue weighted by atomic mass is 10.2. The van der Waals surface area contributed by atoms with Crippen molar-refractivity contribution in [1.29, 1.82) is 0 Å². The average molecular weight is 332 g/mol. The maximum atomic E-state index is 11.7. The van der Waals surface area contributed by atoms with Crippen molar-refractivity contribution >= 4 is 21.8 Å². The molecule has 0 radical (unpaired) electrons. The van der Waals surface area contributed by atoms with Crippen LogP contribution in [-0.4, -0.2) is 44.0 Å². The number of methoxy groups -OCH3 is 1. The van der Waals surface area contributed by atoms with Crippen LogP contribution in [0.3, 0.4) is 0 Å². The standard InChI is InChI=1S/C13H18BrNO4/c1-18-8-11(5-6-16)15-13(17)9-19-12-4-2-3-10(14)7-12/h2-4,7,11,16H,5-6,8-9H2,1H3,(H,15,17). The number of halogens is 1. The van der Waals surface area contributed by atoms with E-state index in [1.807, 2.05) is 12.1 Å². The van der Waals surface area contributed by atoms with E-state index in [9.17, 15) is 4.79 Å². The molecule has 0 aromatic heterocycles. The van der Waals surface area contributed by atoms with Crippen LogP contribution in [-0.2, 0) is 9.53 Å². The molecule has 1 rings (SSSR count). The Bertz CT molecular complexity index is 394. The fraction of sp³-hybridized carbons (Fsp3) is 0.462. The molecule has 1 amide bonds. The summed E-state index contributed by atoms with van der Waals surface area (Å²) in [5.74, 6) is 0.380. The number of amides is 1. The van der Waals surface area contributed by atoms with Crippen molar-refractivity contribution in [3.63, 3.8) is 0 Å². The van der Waals surface area contributed by atoms with Gasteiger partial charge in [-0.2, -0.15) is 0 Å². The first-order valence-corrected chi connectivity index (χ1v) is 6.72. The van der Waals surface area contributed by atoms with E-state index in [1.54, 1.807) is 19.2 Å². The molecular formula is C13H18BrNO4. The number of benzene rings is 1. The van der Waals surface area contributed by atoms with Crippen LogP contribution >= 0.6 is 15.9 Å². The highest BCUT2D eigenvalue weighted by Crippen LogP contribution is 2.17. The van der Waals surface area contributed by atoms with Gasteiger partial charge in [-0.25, -0.2) is 0 Å². The number of aliphatic hydroxyl groups is 1. The molecule has 0 aliphatic heterocycles. The van der Waals surface area contributed by atoms with E-state index in [0.717, 1.165) is 4.47 Å². The third-order valence-corrected chi connectivity index (χ3v) is 2.87. The van der Waals surface area contributed by atoms with Crippen molar-refractivity contribution in [2.24, 2.45) is 0 Å². The summed E-state index contributed by atoms with van der Waals surface area (Å²) >= 11 is 3.33. The largest absolute Gasteiger partial charge is 0.484 e. The molecule has 0 saturated carbocycles. The van der Waals surface area contributed by atoms with Gasteiger partial charge in [0.25, 0.3) is 5.91 Å². The van der Waals surface area contributed by atoms with Gasteiger partial charge in [-0.1, -0.05) is 22.0 Å². The van der Waals surface area contributed by atoms with E-state index in [1.165, 1.54) is 0 Å². The first-order valence-electron chi connectivity index (χ1n) is 5.93. The molecule has 0 heterocycles. The quantitative estimate of drug-likeness (QED) is 0.754. The van der Waals surface area contributed by atoms with Crippen LogP contribution in [0, 0.1) is 0 Å². The molecule has 5 nitrogen and oxygen atoms in total. The van der Waals surface area contributed by atoms with Crippen molar-refractivity contribution in [2.75, 3.05) is 26.9 Å². The van der Waals surface area contributed by atoms with Crippen molar-refractivity contribution in [3.8, 4) is 5.75 Å². The normalized spacial score (nSPS) is 11.9. The van der Waals surface area contributed by atoms with Crippen molar-refractivity contribution in [3.05, 3.63) is 28.7 Å². The van der Waals surface area contributed by atoms with E-state index in [4.69, 9.17) is 14.6 Å². The minimum atomic E-state index is -0.240. The maximum absolute atomic E-state index is 11.7. The second-order valence-corrected chi connectivity index (χ2v) is 4.89. The number of hydrogen-bond donors (Lipinski definition) is 2. The second kappa shape index (κ2) is 8.90. The summed E-state index contributed by atoms with van der Waals surface area (Å²) in [4.78, 5) is 11.7. The van der Waals surface area contributed by atoms with E-state index in [-0.39, 0.29) is 25.2 Å². The lowest BCUT2D eigenvalue weighted by Crippen LogP contribution is -2.41. The topological polar surface area (TPSA) is 67.8 Å². The number of aliphatic hydroxyl groups excluding tert-OH is 1. The Kier molecular flexibility index (Phi) is 7.47. The summed E-state index contributed by atoms with van der Waals surface area (Å²) in [6.07, 6.45) is 0.455. The van der Waals surface area contributed by atoms with Gasteiger partial charge in [-0.3, -0.25) is 4.79 Å². The van der Waals surface area contributed by atoms with Gasteiger partial charge in [0, 0.05) is 18.2 Å². The van der Waals surface area contributed by atoms with Crippen LogP contribution < -0.4 is 10.1 Å². The molecule has 0 aliphatic rings. The highest BCUT2D eigenvalue weighted by Gasteiger charge is 2.12. The Hall–Kier alpha value is -1.11. The maximum Gasteiger partial charge on any atom is 0.258 e. The summed E-state index contributed by atoms with van der Waals surface area (Å²) in [7, 11) is 1.55. The molecule has 6 heteroatoms. The molecule has 0 spiro atoms. The van der Waals surface area contributed by atoms with Gasteiger partial charge >= 0.3 is 0 Å². The minimum absolute atomic E-state index is 0.000790. The zero-order valence-corrected chi connectivity index (χ0v) is 12.4. The Morgan fingerprint density at radius 2 is 2.32 bits per heavy atom. The lowest BCUT2D eigenvalue weighted by Gasteiger charge is -2.17. The third-order valence-electron chi connectivity index (χ3n) is 2.38. The number of carbonyl (C=O) groups is 1. The molecule has 0 aliphatic carbocycles. The molecule has 1 aromatic carbocycles. The Labute approximate surface area is 121 Å². The van der Waals surface area contributed by atoms with E-state index in [0.29, 0.717) is 18.8 Å². The van der Waals surface area contributed by atoms with Crippen molar-refractivity contribution in [2.45, 2.75) is 12.5 Å². The average Bonchev–Trinajstić information content (AvgIpc) is 2.37. The van der Waals surface area contributed by atoms with Gasteiger partial charge in [0.2, 0.25) is 0 Å². The van der Waals surface area contributed by atoms with Crippen molar-refractivity contribution < 1.29 is 19.4 Å². The van der Waals surface area contributed by atoms with Crippen LogP contribution in [0.5, 0.6) is 5.75 Å². The number of ether oxygens (including phenoxy) is 2. The number of nitrogens with one attached hydrogen (secondary N) is 1. The summed E-state index contributed by atoms with van der Waals surface area (Å²) in [5, 5.41) is 11.6. The molecule has 0 fully saturated rings. The van der Waals surface area contributed by atoms with Crippen LogP contribution in [0.25, 0.3) is 0 Å². The fourth-order valence-corrected chi connectivity index (χ4v) is 1.91. The molecule has 0 saturated heterocycles. The van der Waals surface area contributed by atoms with Gasteiger partial charge in [-0.05, 0) is 24.6 Å². The first kappa shape index (κ1) is 15.9. The van der Waals surface area contributed by atoms with Gasteiger partial charge < -0.3 is 19.9 Å². The fourth-order valence-electron chi connectivity index (χ4n) is 1.53. The molecule has 2 N–H and O–H groups in total. The monoisotopic (exact) mass is 331 g/mol. The smallest absolute Gasteiger partial charge is 0.258 e. The number of carbonyl (C=O) groups excluding carboxylic acids is 1. The Morgan fingerprint density at radius 1 is 1.53 bits per heavy atom. The second-order valence-electron chi connectivity index (χ2n) is 3.98. The lowest BCUT2D eigenvalue weighted by molar-refractivity contribution is -0.124. The van der Waals surface area contributed by atoms with Crippen LogP contribution in [0.4, 0.5) is 0 Å². The zero-order valence-electron chi connectivity index (χ0n) is 10.8. The summed E-state index contributed by atoms with van der Waals surface area (Å²) in [6, 6.07) is 7.07. The summed E-state index contributed by atoms with van der Waals surface area (Å²) < 4.78 is 11.2. The minimum Gasteiger partial charge on any atom is -0.484 e. The van der Waals surface area contributed by atoms with Crippen molar-refractivity contribution in [1.82, 2.24) is 5.32 Å². The Morgan fingerprint density at radius 3 is 2.95 bits per heavy atom. The van der Waals surface area contributed by atoms with Crippen LogP contribution in [0.2, 0.25) is 0 Å². The summed E-state index contributed by atoms with van der Waals surface area (Å²) in [6.45, 7) is 0.298. The molecule has 1 atom stereocenters. The third kappa shape index (κ3) is 6.56. The van der Waals surface area contributed by atoms with E-state index in [2.05, 4.69) is 21.2 Å². The molecule has 1 aromatic rings. The molecule has 19 heavy (non-hydrogen) atoms. The molecule has 106 valence electrons. The predicted octanol–water partition coefficient (Wildman–Crippen LogP) is 1.34. The zero-order chi connectivity index (χ0) is 14.1. The van der Waals surface area contributed by atoms with Crippen LogP contribution in [0.1, 0.15) is 6.42 Å². The van der Waals surface area contributed by atoms with Crippen LogP contribution in [0.15, 0.2) is 28.7 Å². The number of hydrogen-bond acceptors (Lipinski definition) is 4. The van der Waals surface area contributed by atoms with Gasteiger partial charge in [0.05, 0.1) is 12.6 Å². The predicted molar refractivity (Wildman–Crippen MR) is 75.1 cm³/mol. The molecular weight excluding hydrogens is 314 g/mol. The van der Waals surface area contributed by atoms with Gasteiger partial charge in [-0.15, -0.1) is 0 Å². The molecule has 0 bridgehead atoms. The number of rotatable bonds is 8. The van der Waals surface area contributed by atoms with Gasteiger partial charge in [0.15, 0.2) is 6.61 Å². The summed E-state index contributed by atoms with van der Waals surface area (Å²) in [5.41, 5.74) is 0. The van der Waals surface area contributed by atoms with E-state index >= 15 is 0 Å². The highest BCUT2D eigenvalue weighted by atomic mass is 79.9. The first-order chi connectivity index (χ1) is 9.15. The molecule has 1 unspecified atom stereocenters. The van der Waals surface area contributed by atoms with Gasteiger partial charge in [0.1, 0.15) is 5.75 Å². The van der Waals surface area contributed by atoms with E-state index < -0.39 is 0 Å². The SMILES string of the molecule is COCC(CCO)NC(=O)COc1cccc(Br)c1. The Balaban J connectivity index is 2.37. The highest BCUT2D eigenvalue weighted by molar-refractivity contribution is 9.10.